The first-order chi connectivity index (χ1) is 6.18. The number of benzene rings is 1. The van der Waals surface area contributed by atoms with Crippen molar-refractivity contribution >= 4 is 5.97 Å². The van der Waals surface area contributed by atoms with E-state index in [1.807, 2.05) is 0 Å². The fraction of sp³-hybridized carbons (Fsp3) is 0.222. The second-order valence-electron chi connectivity index (χ2n) is 2.93. The van der Waals surface area contributed by atoms with Gasteiger partial charge in [-0.05, 0) is 17.7 Å². The number of aromatic hydroxyl groups is 1. The number of phenolic OH excluding ortho intramolecular Hbond substituents is 1. The van der Waals surface area contributed by atoms with Crippen molar-refractivity contribution in [1.29, 1.82) is 0 Å². The number of ether oxygens (including phenoxy) is 1. The van der Waals surface area contributed by atoms with Gasteiger partial charge in [0.15, 0.2) is 0 Å². The Bertz CT molecular complexity index is 330. The van der Waals surface area contributed by atoms with Gasteiger partial charge in [0.2, 0.25) is 6.10 Å². The molecule has 4 nitrogen and oxygen atoms in total. The van der Waals surface area contributed by atoms with Crippen molar-refractivity contribution in [1.82, 2.24) is 0 Å². The first kappa shape index (κ1) is 8.07. The van der Waals surface area contributed by atoms with Crippen LogP contribution in [0, 0.1) is 0 Å². The van der Waals surface area contributed by atoms with E-state index in [-0.39, 0.29) is 11.9 Å². The van der Waals surface area contributed by atoms with Gasteiger partial charge >= 0.3 is 5.97 Å². The van der Waals surface area contributed by atoms with Crippen molar-refractivity contribution < 1.29 is 19.7 Å². The Morgan fingerprint density at radius 1 is 1.38 bits per heavy atom. The van der Waals surface area contributed by atoms with Crippen LogP contribution in [-0.2, 0) is 9.53 Å². The molecule has 3 N–H and O–H groups in total. The van der Waals surface area contributed by atoms with Gasteiger partial charge in [-0.15, -0.1) is 0 Å². The number of hydrogen-bond acceptors (Lipinski definition) is 3. The van der Waals surface area contributed by atoms with Gasteiger partial charge in [0.25, 0.3) is 0 Å². The van der Waals surface area contributed by atoms with Crippen molar-refractivity contribution in [3.63, 3.8) is 0 Å². The van der Waals surface area contributed by atoms with Gasteiger partial charge in [0.1, 0.15) is 11.9 Å². The Labute approximate surface area is 74.4 Å². The number of rotatable bonds is 2. The van der Waals surface area contributed by atoms with Crippen LogP contribution >= 0.6 is 0 Å². The molecule has 0 radical (unpaired) electrons. The molecule has 2 unspecified atom stereocenters. The van der Waals surface area contributed by atoms with Gasteiger partial charge in [-0.1, -0.05) is 12.1 Å². The van der Waals surface area contributed by atoms with Crippen LogP contribution in [0.15, 0.2) is 24.3 Å². The molecular weight excluding hydrogens is 172 g/mol. The Morgan fingerprint density at radius 3 is 2.46 bits per heavy atom. The molecule has 1 aliphatic rings. The summed E-state index contributed by atoms with van der Waals surface area (Å²) in [7, 11) is 0. The summed E-state index contributed by atoms with van der Waals surface area (Å²) in [6, 6.07) is 6.43. The van der Waals surface area contributed by atoms with Crippen LogP contribution in [0.2, 0.25) is 0 Å². The number of carbonyl (C=O) groups is 1. The fourth-order valence-electron chi connectivity index (χ4n) is 1.23. The van der Waals surface area contributed by atoms with E-state index in [4.69, 9.17) is 14.9 Å². The van der Waals surface area contributed by atoms with Crippen molar-refractivity contribution in [3.8, 4) is 5.75 Å². The molecule has 1 aromatic rings. The van der Waals surface area contributed by atoms with E-state index in [1.165, 1.54) is 12.1 Å². The van der Waals surface area contributed by atoms with Crippen molar-refractivity contribution in [3.05, 3.63) is 29.8 Å². The van der Waals surface area contributed by atoms with E-state index in [2.05, 4.69) is 0 Å². The molecule has 2 rings (SSSR count). The molecule has 0 amide bonds. The maximum Gasteiger partial charge on any atom is 0.548 e. The predicted molar refractivity (Wildman–Crippen MR) is 44.3 cm³/mol. The first-order valence-electron chi connectivity index (χ1n) is 3.88. The lowest BCUT2D eigenvalue weighted by molar-refractivity contribution is -0.138. The van der Waals surface area contributed by atoms with Crippen LogP contribution in [0.25, 0.3) is 0 Å². The molecule has 0 aromatic heterocycles. The third kappa shape index (κ3) is 1.48. The van der Waals surface area contributed by atoms with E-state index in [1.54, 1.807) is 12.1 Å². The van der Waals surface area contributed by atoms with Crippen LogP contribution in [-0.4, -0.2) is 22.3 Å². The zero-order chi connectivity index (χ0) is 9.42. The number of epoxide rings is 1. The largest absolute Gasteiger partial charge is 0.563 e. The smallest absolute Gasteiger partial charge is 0.548 e. The third-order valence-electron chi connectivity index (χ3n) is 1.97. The number of carbonyl (C=O) groups excluding carboxylic acids is 1. The van der Waals surface area contributed by atoms with Gasteiger partial charge in [0.05, 0.1) is 0 Å². The summed E-state index contributed by atoms with van der Waals surface area (Å²) < 4.78 is 4.99. The van der Waals surface area contributed by atoms with Crippen LogP contribution < -0.4 is 0 Å². The molecule has 13 heavy (non-hydrogen) atoms. The minimum atomic E-state index is -0.696. The SMILES string of the molecule is O=C([OH2+])C1OC1c1ccc(O)cc1. The lowest BCUT2D eigenvalue weighted by Gasteiger charge is -1.94. The standard InChI is InChI=1S/C9H8O4/c10-6-3-1-5(2-4-6)7-8(13-7)9(11)12/h1-4,7-8,10H,(H,11,12)/p+1. The van der Waals surface area contributed by atoms with Crippen LogP contribution in [0.1, 0.15) is 11.7 Å². The maximum absolute atomic E-state index is 10.5. The third-order valence-corrected chi connectivity index (χ3v) is 1.97. The van der Waals surface area contributed by atoms with E-state index in [9.17, 15) is 4.79 Å². The molecule has 1 heterocycles. The molecule has 0 saturated carbocycles. The first-order valence-corrected chi connectivity index (χ1v) is 3.88. The predicted octanol–water partition coefficient (Wildman–Crippen LogP) is 0.0833. The molecule has 1 fully saturated rings. The van der Waals surface area contributed by atoms with E-state index >= 15 is 0 Å². The zero-order valence-electron chi connectivity index (χ0n) is 6.73. The van der Waals surface area contributed by atoms with Gasteiger partial charge in [-0.3, -0.25) is 0 Å². The average Bonchev–Trinajstić information content (AvgIpc) is 2.85. The van der Waals surface area contributed by atoms with Crippen molar-refractivity contribution in [2.75, 3.05) is 0 Å². The average molecular weight is 181 g/mol. The summed E-state index contributed by atoms with van der Waals surface area (Å²) in [4.78, 5) is 10.5. The lowest BCUT2D eigenvalue weighted by atomic mass is 10.1. The fourth-order valence-corrected chi connectivity index (χ4v) is 1.23. The lowest BCUT2D eigenvalue weighted by Crippen LogP contribution is -2.04. The van der Waals surface area contributed by atoms with Crippen LogP contribution in [0.3, 0.4) is 0 Å². The summed E-state index contributed by atoms with van der Waals surface area (Å²) in [5.74, 6) is -0.517. The minimum absolute atomic E-state index is 0.179. The molecular formula is C9H9O4+. The normalized spacial score (nSPS) is 25.5. The molecule has 4 heteroatoms. The number of hydrogen-bond donors (Lipinski definition) is 1. The van der Waals surface area contributed by atoms with Crippen LogP contribution in [0.4, 0.5) is 0 Å². The Hall–Kier alpha value is -1.55. The highest BCUT2D eigenvalue weighted by molar-refractivity contribution is 5.76. The second kappa shape index (κ2) is 2.74. The summed E-state index contributed by atoms with van der Waals surface area (Å²) >= 11 is 0. The van der Waals surface area contributed by atoms with Crippen molar-refractivity contribution in [2.24, 2.45) is 0 Å². The van der Waals surface area contributed by atoms with Gasteiger partial charge in [-0.25, -0.2) is 0 Å². The molecule has 0 aliphatic carbocycles. The highest BCUT2D eigenvalue weighted by Gasteiger charge is 2.51. The summed E-state index contributed by atoms with van der Waals surface area (Å²) in [6.07, 6.45) is -0.893. The highest BCUT2D eigenvalue weighted by atomic mass is 16.6. The molecule has 2 atom stereocenters. The Balaban J connectivity index is 2.12. The van der Waals surface area contributed by atoms with E-state index < -0.39 is 12.1 Å². The monoisotopic (exact) mass is 181 g/mol. The molecule has 1 saturated heterocycles. The Kier molecular flexibility index (Phi) is 1.70. The van der Waals surface area contributed by atoms with Crippen LogP contribution in [0.5, 0.6) is 5.75 Å². The second-order valence-corrected chi connectivity index (χ2v) is 2.93. The zero-order valence-corrected chi connectivity index (χ0v) is 6.73. The highest BCUT2D eigenvalue weighted by Crippen LogP contribution is 2.38. The van der Waals surface area contributed by atoms with Gasteiger partial charge in [0, 0.05) is 4.79 Å². The Morgan fingerprint density at radius 2 is 2.00 bits per heavy atom. The molecule has 1 aromatic carbocycles. The molecule has 68 valence electrons. The molecule has 0 spiro atoms. The van der Waals surface area contributed by atoms with E-state index in [0.717, 1.165) is 5.56 Å². The summed E-state index contributed by atoms with van der Waals surface area (Å²) in [6.45, 7) is 0. The quantitative estimate of drug-likeness (QED) is 0.518. The maximum atomic E-state index is 10.5. The van der Waals surface area contributed by atoms with Gasteiger partial charge < -0.3 is 14.9 Å². The van der Waals surface area contributed by atoms with E-state index in [0.29, 0.717) is 0 Å². The van der Waals surface area contributed by atoms with Crippen molar-refractivity contribution in [2.45, 2.75) is 12.2 Å². The molecule has 1 aliphatic heterocycles. The number of phenols is 1. The van der Waals surface area contributed by atoms with Gasteiger partial charge in [-0.2, -0.15) is 0 Å². The molecule has 0 bridgehead atoms. The minimum Gasteiger partial charge on any atom is -0.563 e. The summed E-state index contributed by atoms with van der Waals surface area (Å²) in [5, 5.41) is 15.8. The summed E-state index contributed by atoms with van der Waals surface area (Å²) in [5.41, 5.74) is 0.823. The topological polar surface area (TPSA) is 72.7 Å².